The molecule has 0 aromatic carbocycles. The molecule has 0 amide bonds. The van der Waals surface area contributed by atoms with Gasteiger partial charge in [-0.05, 0) is 17.5 Å². The summed E-state index contributed by atoms with van der Waals surface area (Å²) < 4.78 is 7.33. The molecule has 4 aromatic heterocycles. The second kappa shape index (κ2) is 5.36. The smallest absolute Gasteiger partial charge is 0.237 e. The molecule has 0 fully saturated rings. The largest absolute Gasteiger partial charge is 0.436 e. The van der Waals surface area contributed by atoms with Gasteiger partial charge in [0.25, 0.3) is 0 Å². The van der Waals surface area contributed by atoms with Gasteiger partial charge in [0.2, 0.25) is 5.88 Å². The molecule has 0 aliphatic carbocycles. The molecule has 22 heavy (non-hydrogen) atoms. The molecule has 0 atom stereocenters. The number of pyridine rings is 1. The van der Waals surface area contributed by atoms with Gasteiger partial charge in [-0.1, -0.05) is 11.6 Å². The van der Waals surface area contributed by atoms with Crippen LogP contribution in [-0.4, -0.2) is 24.8 Å². The highest BCUT2D eigenvalue weighted by atomic mass is 35.5. The number of thiophene rings is 1. The van der Waals surface area contributed by atoms with Gasteiger partial charge in [0.1, 0.15) is 5.75 Å². The lowest BCUT2D eigenvalue weighted by Gasteiger charge is -2.05. The fourth-order valence-electron chi connectivity index (χ4n) is 1.97. The van der Waals surface area contributed by atoms with E-state index in [0.29, 0.717) is 28.1 Å². The molecule has 6 nitrogen and oxygen atoms in total. The number of aromatic nitrogens is 5. The van der Waals surface area contributed by atoms with Gasteiger partial charge < -0.3 is 4.74 Å². The Kier molecular flexibility index (Phi) is 3.21. The van der Waals surface area contributed by atoms with Gasteiger partial charge in [-0.2, -0.15) is 15.9 Å². The fraction of sp³-hybridized carbons (Fsp3) is 0. The van der Waals surface area contributed by atoms with Gasteiger partial charge in [0.05, 0.1) is 11.2 Å². The zero-order chi connectivity index (χ0) is 14.9. The Hall–Kier alpha value is -2.51. The molecule has 0 radical (unpaired) electrons. The lowest BCUT2D eigenvalue weighted by molar-refractivity contribution is 0.451. The van der Waals surface area contributed by atoms with E-state index in [-0.39, 0.29) is 0 Å². The third-order valence-electron chi connectivity index (χ3n) is 2.92. The highest BCUT2D eigenvalue weighted by molar-refractivity contribution is 7.08. The number of ether oxygens (including phenoxy) is 1. The normalized spacial score (nSPS) is 11.0. The molecule has 4 rings (SSSR count). The van der Waals surface area contributed by atoms with Crippen LogP contribution < -0.4 is 4.74 Å². The maximum absolute atomic E-state index is 5.89. The van der Waals surface area contributed by atoms with E-state index >= 15 is 0 Å². The van der Waals surface area contributed by atoms with Gasteiger partial charge in [0.15, 0.2) is 11.5 Å². The first-order valence-electron chi connectivity index (χ1n) is 6.33. The number of rotatable bonds is 3. The van der Waals surface area contributed by atoms with Crippen molar-refractivity contribution in [3.8, 4) is 23.0 Å². The van der Waals surface area contributed by atoms with Crippen LogP contribution >= 0.6 is 22.9 Å². The number of hydrogen-bond donors (Lipinski definition) is 0. The Morgan fingerprint density at radius 1 is 1.14 bits per heavy atom. The third-order valence-corrected chi connectivity index (χ3v) is 3.81. The van der Waals surface area contributed by atoms with E-state index in [2.05, 4.69) is 20.3 Å². The van der Waals surface area contributed by atoms with E-state index in [1.165, 1.54) is 0 Å². The fourth-order valence-corrected chi connectivity index (χ4v) is 2.77. The van der Waals surface area contributed by atoms with E-state index in [1.54, 1.807) is 46.4 Å². The summed E-state index contributed by atoms with van der Waals surface area (Å²) in [5.74, 6) is 1.60. The van der Waals surface area contributed by atoms with Crippen LogP contribution in [0.1, 0.15) is 0 Å². The van der Waals surface area contributed by atoms with Crippen molar-refractivity contribution in [1.82, 2.24) is 24.8 Å². The van der Waals surface area contributed by atoms with Gasteiger partial charge in [0, 0.05) is 29.3 Å². The SMILES string of the molecule is Clc1cncc(Oc2ccc3nnc(-c4ccsc4)n3n2)c1. The Labute approximate surface area is 134 Å². The first kappa shape index (κ1) is 13.2. The second-order valence-corrected chi connectivity index (χ2v) is 5.63. The van der Waals surface area contributed by atoms with Crippen molar-refractivity contribution in [2.24, 2.45) is 0 Å². The quantitative estimate of drug-likeness (QED) is 0.573. The number of nitrogens with zero attached hydrogens (tertiary/aromatic N) is 5. The topological polar surface area (TPSA) is 65.2 Å². The number of fused-ring (bicyclic) bond motifs is 1. The monoisotopic (exact) mass is 329 g/mol. The molecule has 0 aliphatic heterocycles. The summed E-state index contributed by atoms with van der Waals surface area (Å²) in [5.41, 5.74) is 1.62. The minimum absolute atomic E-state index is 0.410. The second-order valence-electron chi connectivity index (χ2n) is 4.42. The molecule has 0 unspecified atom stereocenters. The van der Waals surface area contributed by atoms with E-state index in [0.717, 1.165) is 5.56 Å². The number of halogens is 1. The van der Waals surface area contributed by atoms with Crippen molar-refractivity contribution in [3.05, 3.63) is 52.4 Å². The molecule has 0 bridgehead atoms. The molecular formula is C14H8ClN5OS. The molecule has 4 aromatic rings. The molecule has 0 saturated heterocycles. The predicted molar refractivity (Wildman–Crippen MR) is 83.4 cm³/mol. The molecule has 108 valence electrons. The summed E-state index contributed by atoms with van der Waals surface area (Å²) in [6.45, 7) is 0. The van der Waals surface area contributed by atoms with Crippen LogP contribution in [0.15, 0.2) is 47.4 Å². The van der Waals surface area contributed by atoms with Crippen molar-refractivity contribution in [1.29, 1.82) is 0 Å². The first-order chi connectivity index (χ1) is 10.8. The van der Waals surface area contributed by atoms with Crippen LogP contribution in [0.3, 0.4) is 0 Å². The van der Waals surface area contributed by atoms with Crippen molar-refractivity contribution in [2.45, 2.75) is 0 Å². The first-order valence-corrected chi connectivity index (χ1v) is 7.65. The van der Waals surface area contributed by atoms with Crippen LogP contribution in [0.25, 0.3) is 17.0 Å². The highest BCUT2D eigenvalue weighted by Crippen LogP contribution is 2.24. The van der Waals surface area contributed by atoms with E-state index < -0.39 is 0 Å². The Bertz CT molecular complexity index is 937. The molecular weight excluding hydrogens is 322 g/mol. The van der Waals surface area contributed by atoms with E-state index in [1.807, 2.05) is 16.8 Å². The zero-order valence-electron chi connectivity index (χ0n) is 11.0. The highest BCUT2D eigenvalue weighted by Gasteiger charge is 2.11. The molecule has 0 N–H and O–H groups in total. The van der Waals surface area contributed by atoms with Gasteiger partial charge in [-0.15, -0.1) is 15.3 Å². The summed E-state index contributed by atoms with van der Waals surface area (Å²) >= 11 is 7.49. The molecule has 4 heterocycles. The van der Waals surface area contributed by atoms with Crippen molar-refractivity contribution < 1.29 is 4.74 Å². The Morgan fingerprint density at radius 3 is 2.91 bits per heavy atom. The van der Waals surface area contributed by atoms with Crippen LogP contribution in [0, 0.1) is 0 Å². The molecule has 0 saturated carbocycles. The van der Waals surface area contributed by atoms with Crippen molar-refractivity contribution >= 4 is 28.6 Å². The Morgan fingerprint density at radius 2 is 2.09 bits per heavy atom. The third kappa shape index (κ3) is 2.40. The average molecular weight is 330 g/mol. The maximum Gasteiger partial charge on any atom is 0.237 e. The standard InChI is InChI=1S/C14H8ClN5OS/c15-10-5-11(7-16-6-10)21-13-2-1-12-17-18-14(20(12)19-13)9-3-4-22-8-9/h1-8H. The van der Waals surface area contributed by atoms with E-state index in [4.69, 9.17) is 16.3 Å². The van der Waals surface area contributed by atoms with E-state index in [9.17, 15) is 0 Å². The Balaban J connectivity index is 1.75. The molecule has 8 heteroatoms. The summed E-state index contributed by atoms with van der Waals surface area (Å²) in [5, 5.41) is 17.2. The van der Waals surface area contributed by atoms with Crippen molar-refractivity contribution in [3.63, 3.8) is 0 Å². The molecule has 0 aliphatic rings. The van der Waals surface area contributed by atoms with Crippen LogP contribution in [0.2, 0.25) is 5.02 Å². The zero-order valence-corrected chi connectivity index (χ0v) is 12.6. The lowest BCUT2D eigenvalue weighted by atomic mass is 10.3. The summed E-state index contributed by atoms with van der Waals surface area (Å²) in [6.07, 6.45) is 3.11. The maximum atomic E-state index is 5.89. The average Bonchev–Trinajstić information content (AvgIpc) is 3.15. The van der Waals surface area contributed by atoms with Crippen LogP contribution in [0.4, 0.5) is 0 Å². The van der Waals surface area contributed by atoms with Crippen molar-refractivity contribution in [2.75, 3.05) is 0 Å². The minimum atomic E-state index is 0.410. The minimum Gasteiger partial charge on any atom is -0.436 e. The van der Waals surface area contributed by atoms with Gasteiger partial charge in [-0.25, -0.2) is 0 Å². The van der Waals surface area contributed by atoms with Crippen LogP contribution in [-0.2, 0) is 0 Å². The molecule has 0 spiro atoms. The lowest BCUT2D eigenvalue weighted by Crippen LogP contribution is -1.97. The summed E-state index contributed by atoms with van der Waals surface area (Å²) in [7, 11) is 0. The van der Waals surface area contributed by atoms with Gasteiger partial charge >= 0.3 is 0 Å². The predicted octanol–water partition coefficient (Wildman–Crippen LogP) is 3.69. The summed E-state index contributed by atoms with van der Waals surface area (Å²) in [4.78, 5) is 3.98. The van der Waals surface area contributed by atoms with Gasteiger partial charge in [-0.3, -0.25) is 4.98 Å². The summed E-state index contributed by atoms with van der Waals surface area (Å²) in [6, 6.07) is 7.16. The number of hydrogen-bond acceptors (Lipinski definition) is 6. The van der Waals surface area contributed by atoms with Crippen LogP contribution in [0.5, 0.6) is 11.6 Å².